The van der Waals surface area contributed by atoms with Crippen molar-refractivity contribution < 1.29 is 23.4 Å². The van der Waals surface area contributed by atoms with Gasteiger partial charge in [0.1, 0.15) is 5.82 Å². The molecule has 1 saturated heterocycles. The fourth-order valence-electron chi connectivity index (χ4n) is 5.59. The van der Waals surface area contributed by atoms with Gasteiger partial charge in [-0.05, 0) is 87.8 Å². The number of rotatable bonds is 8. The summed E-state index contributed by atoms with van der Waals surface area (Å²) in [5.74, 6) is -1.34. The van der Waals surface area contributed by atoms with Gasteiger partial charge in [0.2, 0.25) is 0 Å². The molecule has 0 bridgehead atoms. The number of aromatic nitrogens is 1. The first-order chi connectivity index (χ1) is 18.6. The van der Waals surface area contributed by atoms with Crippen LogP contribution in [0.25, 0.3) is 11.1 Å². The van der Waals surface area contributed by atoms with Crippen molar-refractivity contribution in [2.75, 3.05) is 13.1 Å². The SMILES string of the molecule is Cc1c(C(=O)O)ccn(C2CCN(Cc3cc(C4CC4)c(-c4ccc(F)cc4)c(F)c3OC(C)C)CC2)c1=O. The van der Waals surface area contributed by atoms with Gasteiger partial charge >= 0.3 is 5.97 Å². The van der Waals surface area contributed by atoms with Crippen LogP contribution < -0.4 is 10.3 Å². The topological polar surface area (TPSA) is 71.8 Å². The number of halogens is 2. The number of carbonyl (C=O) groups is 1. The van der Waals surface area contributed by atoms with Crippen molar-refractivity contribution in [3.8, 4) is 16.9 Å². The second-order valence-corrected chi connectivity index (χ2v) is 11.0. The number of hydrogen-bond acceptors (Lipinski definition) is 4. The average Bonchev–Trinajstić information content (AvgIpc) is 3.74. The molecule has 2 aromatic carbocycles. The molecule has 0 unspecified atom stereocenters. The molecule has 1 aromatic heterocycles. The van der Waals surface area contributed by atoms with Gasteiger partial charge in [-0.3, -0.25) is 9.69 Å². The third-order valence-corrected chi connectivity index (χ3v) is 7.77. The molecule has 6 nitrogen and oxygen atoms in total. The molecule has 5 rings (SSSR count). The molecule has 206 valence electrons. The Morgan fingerprint density at radius 1 is 1.08 bits per heavy atom. The van der Waals surface area contributed by atoms with Crippen LogP contribution in [0.15, 0.2) is 47.4 Å². The van der Waals surface area contributed by atoms with Gasteiger partial charge < -0.3 is 14.4 Å². The van der Waals surface area contributed by atoms with E-state index in [1.54, 1.807) is 29.8 Å². The monoisotopic (exact) mass is 536 g/mol. The Morgan fingerprint density at radius 2 is 1.74 bits per heavy atom. The Hall–Kier alpha value is -3.52. The molecule has 1 saturated carbocycles. The van der Waals surface area contributed by atoms with Crippen LogP contribution in [-0.2, 0) is 6.54 Å². The molecule has 1 aliphatic heterocycles. The fourth-order valence-corrected chi connectivity index (χ4v) is 5.59. The fraction of sp³-hybridized carbons (Fsp3) is 0.419. The van der Waals surface area contributed by atoms with E-state index in [-0.39, 0.29) is 46.3 Å². The minimum atomic E-state index is -1.10. The Kier molecular flexibility index (Phi) is 7.58. The summed E-state index contributed by atoms with van der Waals surface area (Å²) in [7, 11) is 0. The highest BCUT2D eigenvalue weighted by molar-refractivity contribution is 5.89. The van der Waals surface area contributed by atoms with Crippen molar-refractivity contribution in [3.63, 3.8) is 0 Å². The molecule has 0 amide bonds. The predicted octanol–water partition coefficient (Wildman–Crippen LogP) is 6.30. The van der Waals surface area contributed by atoms with Crippen molar-refractivity contribution in [2.24, 2.45) is 0 Å². The predicted molar refractivity (Wildman–Crippen MR) is 145 cm³/mol. The second-order valence-electron chi connectivity index (χ2n) is 11.0. The Labute approximate surface area is 226 Å². The molecular weight excluding hydrogens is 502 g/mol. The Morgan fingerprint density at radius 3 is 2.33 bits per heavy atom. The summed E-state index contributed by atoms with van der Waals surface area (Å²) in [6, 6.07) is 9.49. The van der Waals surface area contributed by atoms with Crippen molar-refractivity contribution in [1.82, 2.24) is 9.47 Å². The molecule has 8 heteroatoms. The van der Waals surface area contributed by atoms with Crippen LogP contribution in [-0.4, -0.2) is 39.7 Å². The number of aromatic carboxylic acids is 1. The minimum Gasteiger partial charge on any atom is -0.488 e. The highest BCUT2D eigenvalue weighted by Gasteiger charge is 2.32. The number of benzene rings is 2. The molecule has 1 N–H and O–H groups in total. The summed E-state index contributed by atoms with van der Waals surface area (Å²) in [6.07, 6.45) is 4.80. The average molecular weight is 537 g/mol. The van der Waals surface area contributed by atoms with E-state index in [2.05, 4.69) is 11.0 Å². The number of likely N-dealkylation sites (tertiary alicyclic amines) is 1. The van der Waals surface area contributed by atoms with E-state index >= 15 is 4.39 Å². The molecule has 0 atom stereocenters. The van der Waals surface area contributed by atoms with Gasteiger partial charge in [0, 0.05) is 48.6 Å². The number of ether oxygens (including phenoxy) is 1. The first-order valence-corrected chi connectivity index (χ1v) is 13.6. The van der Waals surface area contributed by atoms with Gasteiger partial charge in [-0.2, -0.15) is 0 Å². The van der Waals surface area contributed by atoms with E-state index in [4.69, 9.17) is 4.74 Å². The lowest BCUT2D eigenvalue weighted by molar-refractivity contribution is 0.0695. The maximum Gasteiger partial charge on any atom is 0.336 e. The minimum absolute atomic E-state index is 0.0266. The third-order valence-electron chi connectivity index (χ3n) is 7.77. The number of carboxylic acid groups (broad SMARTS) is 1. The smallest absolute Gasteiger partial charge is 0.336 e. The van der Waals surface area contributed by atoms with Crippen molar-refractivity contribution in [3.05, 3.63) is 86.8 Å². The van der Waals surface area contributed by atoms with Crippen molar-refractivity contribution >= 4 is 5.97 Å². The second kappa shape index (κ2) is 10.9. The van der Waals surface area contributed by atoms with Gasteiger partial charge in [-0.25, -0.2) is 13.6 Å². The van der Waals surface area contributed by atoms with Gasteiger partial charge in [0.15, 0.2) is 11.6 Å². The molecule has 2 fully saturated rings. The highest BCUT2D eigenvalue weighted by Crippen LogP contribution is 2.48. The Bertz CT molecular complexity index is 1440. The highest BCUT2D eigenvalue weighted by atomic mass is 19.1. The van der Waals surface area contributed by atoms with Crippen LogP contribution in [0.1, 0.15) is 78.5 Å². The molecule has 3 aromatic rings. The van der Waals surface area contributed by atoms with E-state index in [1.165, 1.54) is 18.2 Å². The normalized spacial score (nSPS) is 16.6. The quantitative estimate of drug-likeness (QED) is 0.366. The molecule has 2 aliphatic rings. The van der Waals surface area contributed by atoms with Crippen LogP contribution in [0.5, 0.6) is 5.75 Å². The zero-order valence-corrected chi connectivity index (χ0v) is 22.5. The number of pyridine rings is 1. The van der Waals surface area contributed by atoms with Crippen LogP contribution in [0.2, 0.25) is 0 Å². The summed E-state index contributed by atoms with van der Waals surface area (Å²) in [4.78, 5) is 26.5. The molecule has 39 heavy (non-hydrogen) atoms. The Balaban J connectivity index is 1.41. The van der Waals surface area contributed by atoms with Crippen molar-refractivity contribution in [1.29, 1.82) is 0 Å². The number of nitrogens with zero attached hydrogens (tertiary/aromatic N) is 2. The van der Waals surface area contributed by atoms with E-state index in [0.29, 0.717) is 30.8 Å². The lowest BCUT2D eigenvalue weighted by Crippen LogP contribution is -2.38. The summed E-state index contributed by atoms with van der Waals surface area (Å²) in [5, 5.41) is 9.31. The molecule has 1 aliphatic carbocycles. The van der Waals surface area contributed by atoms with Crippen molar-refractivity contribution in [2.45, 2.75) is 71.1 Å². The first-order valence-electron chi connectivity index (χ1n) is 13.6. The largest absolute Gasteiger partial charge is 0.488 e. The summed E-state index contributed by atoms with van der Waals surface area (Å²) < 4.78 is 37.5. The maximum absolute atomic E-state index is 16.2. The molecule has 0 radical (unpaired) electrons. The van der Waals surface area contributed by atoms with Crippen LogP contribution in [0.3, 0.4) is 0 Å². The van der Waals surface area contributed by atoms with E-state index in [9.17, 15) is 19.1 Å². The van der Waals surface area contributed by atoms with Crippen LogP contribution in [0.4, 0.5) is 8.78 Å². The van der Waals surface area contributed by atoms with Crippen LogP contribution >= 0.6 is 0 Å². The lowest BCUT2D eigenvalue weighted by atomic mass is 9.92. The lowest BCUT2D eigenvalue weighted by Gasteiger charge is -2.34. The standard InChI is InChI=1S/C31H34F2N2O4/c1-18(2)39-29-22(16-26(20-4-5-20)27(28(29)33)21-6-8-23(32)9-7-21)17-34-13-10-24(11-14-34)35-15-12-25(31(37)38)19(3)30(35)36/h6-9,12,15-16,18,20,24H,4-5,10-11,13-14,17H2,1-3H3,(H,37,38). The van der Waals surface area contributed by atoms with Gasteiger partial charge in [-0.15, -0.1) is 0 Å². The molecule has 2 heterocycles. The first kappa shape index (κ1) is 27.1. The third kappa shape index (κ3) is 5.62. The molecule has 0 spiro atoms. The van der Waals surface area contributed by atoms with Gasteiger partial charge in [0.05, 0.1) is 11.7 Å². The molecular formula is C31H34F2N2O4. The van der Waals surface area contributed by atoms with Gasteiger partial charge in [-0.1, -0.05) is 12.1 Å². The zero-order valence-electron chi connectivity index (χ0n) is 22.5. The summed E-state index contributed by atoms with van der Waals surface area (Å²) >= 11 is 0. The summed E-state index contributed by atoms with van der Waals surface area (Å²) in [6.45, 7) is 7.22. The maximum atomic E-state index is 16.2. The summed E-state index contributed by atoms with van der Waals surface area (Å²) in [5.41, 5.74) is 2.89. The zero-order chi connectivity index (χ0) is 27.8. The van der Waals surface area contributed by atoms with Crippen LogP contribution in [0, 0.1) is 18.6 Å². The number of piperidine rings is 1. The number of hydrogen-bond donors (Lipinski definition) is 1. The van der Waals surface area contributed by atoms with E-state index < -0.39 is 11.8 Å². The number of carboxylic acids is 1. The van der Waals surface area contributed by atoms with E-state index in [0.717, 1.165) is 36.8 Å². The van der Waals surface area contributed by atoms with E-state index in [1.807, 2.05) is 13.8 Å². The van der Waals surface area contributed by atoms with Gasteiger partial charge in [0.25, 0.3) is 5.56 Å².